The highest BCUT2D eigenvalue weighted by molar-refractivity contribution is 6.67. The van der Waals surface area contributed by atoms with Gasteiger partial charge >= 0.3 is 0 Å². The molecule has 0 aromatic heterocycles. The molecular weight excluding hydrogens is 316 g/mol. The Bertz CT molecular complexity index is 748. The van der Waals surface area contributed by atoms with Crippen LogP contribution in [0.4, 0.5) is 30.7 Å². The summed E-state index contributed by atoms with van der Waals surface area (Å²) in [6.45, 7) is 0. The number of methoxy groups -OCH3 is 1. The average Bonchev–Trinajstić information content (AvgIpc) is 2.44. The van der Waals surface area contributed by atoms with E-state index in [1.807, 2.05) is 0 Å². The number of hydrogen-bond acceptors (Lipinski definition) is 1. The molecule has 0 fully saturated rings. The van der Waals surface area contributed by atoms with Crippen LogP contribution in [0.5, 0.6) is 5.75 Å². The Hall–Kier alpha value is -2.19. The third-order valence-electron chi connectivity index (χ3n) is 2.81. The maximum absolute atomic E-state index is 13.9. The van der Waals surface area contributed by atoms with E-state index in [1.54, 1.807) is 0 Å². The lowest BCUT2D eigenvalue weighted by Gasteiger charge is -2.11. The largest absolute Gasteiger partial charge is 0.491 e. The van der Waals surface area contributed by atoms with Crippen molar-refractivity contribution in [1.82, 2.24) is 0 Å². The van der Waals surface area contributed by atoms with Gasteiger partial charge in [-0.15, -0.1) is 0 Å². The molecule has 9 heteroatoms. The summed E-state index contributed by atoms with van der Waals surface area (Å²) in [7, 11) is 1.14. The molecule has 2 aromatic rings. The SMILES string of the molecule is COc1c(F)cc(F)c([B]c2c(F)cc(F)c(F)c2F)c1F. The molecule has 0 aliphatic rings. The lowest BCUT2D eigenvalue weighted by Crippen LogP contribution is -2.37. The Morgan fingerprint density at radius 1 is 0.682 bits per heavy atom. The molecule has 1 nitrogen and oxygen atoms in total. The predicted octanol–water partition coefficient (Wildman–Crippen LogP) is 2.32. The van der Waals surface area contributed by atoms with E-state index >= 15 is 0 Å². The topological polar surface area (TPSA) is 9.23 Å². The fraction of sp³-hybridized carbons (Fsp3) is 0.0769. The van der Waals surface area contributed by atoms with E-state index in [0.29, 0.717) is 0 Å². The molecule has 0 bridgehead atoms. The third kappa shape index (κ3) is 2.62. The van der Waals surface area contributed by atoms with Crippen LogP contribution in [0.3, 0.4) is 0 Å². The quantitative estimate of drug-likeness (QED) is 0.365. The van der Waals surface area contributed by atoms with Gasteiger partial charge in [-0.25, -0.2) is 30.7 Å². The lowest BCUT2D eigenvalue weighted by molar-refractivity contribution is 0.358. The zero-order valence-corrected chi connectivity index (χ0v) is 10.8. The van der Waals surface area contributed by atoms with Crippen molar-refractivity contribution >= 4 is 18.2 Å². The van der Waals surface area contributed by atoms with E-state index in [0.717, 1.165) is 7.11 Å². The summed E-state index contributed by atoms with van der Waals surface area (Å²) in [5.74, 6) is -12.8. The van der Waals surface area contributed by atoms with Crippen molar-refractivity contribution in [2.45, 2.75) is 0 Å². The van der Waals surface area contributed by atoms with Gasteiger partial charge in [0.2, 0.25) is 7.28 Å². The smallest absolute Gasteiger partial charge is 0.207 e. The van der Waals surface area contributed by atoms with Gasteiger partial charge in [0.1, 0.15) is 11.6 Å². The highest BCUT2D eigenvalue weighted by Crippen LogP contribution is 2.21. The summed E-state index contributed by atoms with van der Waals surface area (Å²) in [6, 6.07) is 0.240. The van der Waals surface area contributed by atoms with Crippen molar-refractivity contribution in [3.05, 3.63) is 52.9 Å². The zero-order valence-electron chi connectivity index (χ0n) is 10.8. The maximum atomic E-state index is 13.9. The molecule has 22 heavy (non-hydrogen) atoms. The highest BCUT2D eigenvalue weighted by atomic mass is 19.2. The van der Waals surface area contributed by atoms with Crippen molar-refractivity contribution in [3.8, 4) is 5.75 Å². The normalized spacial score (nSPS) is 10.7. The Morgan fingerprint density at radius 3 is 1.73 bits per heavy atom. The number of hydrogen-bond donors (Lipinski definition) is 0. The predicted molar refractivity (Wildman–Crippen MR) is 64.2 cm³/mol. The van der Waals surface area contributed by atoms with E-state index < -0.39 is 57.4 Å². The first kappa shape index (κ1) is 16.2. The van der Waals surface area contributed by atoms with Gasteiger partial charge in [0.25, 0.3) is 0 Å². The zero-order chi connectivity index (χ0) is 16.6. The second-order valence-corrected chi connectivity index (χ2v) is 4.13. The van der Waals surface area contributed by atoms with Crippen LogP contribution in [-0.4, -0.2) is 14.4 Å². The minimum Gasteiger partial charge on any atom is -0.491 e. The number of benzene rings is 2. The summed E-state index contributed by atoms with van der Waals surface area (Å²) >= 11 is 0. The van der Waals surface area contributed by atoms with Gasteiger partial charge in [0, 0.05) is 12.1 Å². The lowest BCUT2D eigenvalue weighted by atomic mass is 9.63. The molecule has 0 aliphatic heterocycles. The standard InChI is InChI=1S/C13H5BF7O/c1-22-13-7(18)3-5(16)9(12(13)21)14-8-4(15)2-6(17)10(19)11(8)20/h2-3H,1H3. The van der Waals surface area contributed by atoms with Crippen LogP contribution in [0.15, 0.2) is 12.1 Å². The molecule has 0 aliphatic carbocycles. The summed E-state index contributed by atoms with van der Waals surface area (Å²) in [4.78, 5) is 0. The van der Waals surface area contributed by atoms with Crippen LogP contribution in [0.2, 0.25) is 0 Å². The fourth-order valence-corrected chi connectivity index (χ4v) is 1.76. The molecule has 0 saturated carbocycles. The van der Waals surface area contributed by atoms with Crippen molar-refractivity contribution in [2.24, 2.45) is 0 Å². The van der Waals surface area contributed by atoms with Crippen molar-refractivity contribution in [1.29, 1.82) is 0 Å². The van der Waals surface area contributed by atoms with Gasteiger partial charge in [-0.2, -0.15) is 0 Å². The summed E-state index contributed by atoms with van der Waals surface area (Å²) < 4.78 is 97.9. The van der Waals surface area contributed by atoms with Crippen molar-refractivity contribution < 1.29 is 35.5 Å². The van der Waals surface area contributed by atoms with E-state index in [1.165, 1.54) is 0 Å². The number of rotatable bonds is 3. The van der Waals surface area contributed by atoms with Crippen LogP contribution in [0.1, 0.15) is 0 Å². The Labute approximate surface area is 120 Å². The Balaban J connectivity index is 2.60. The van der Waals surface area contributed by atoms with Crippen LogP contribution in [-0.2, 0) is 0 Å². The first-order valence-electron chi connectivity index (χ1n) is 5.67. The van der Waals surface area contributed by atoms with E-state index in [2.05, 4.69) is 4.74 Å². The van der Waals surface area contributed by atoms with Crippen molar-refractivity contribution in [2.75, 3.05) is 7.11 Å². The molecule has 0 spiro atoms. The maximum Gasteiger partial charge on any atom is 0.207 e. The second kappa shape index (κ2) is 5.90. The molecule has 1 radical (unpaired) electrons. The van der Waals surface area contributed by atoms with E-state index in [-0.39, 0.29) is 19.4 Å². The molecular formula is C13H5BF7O. The average molecular weight is 321 g/mol. The van der Waals surface area contributed by atoms with Crippen LogP contribution in [0.25, 0.3) is 0 Å². The molecule has 0 unspecified atom stereocenters. The monoisotopic (exact) mass is 321 g/mol. The van der Waals surface area contributed by atoms with Gasteiger partial charge in [0.15, 0.2) is 34.8 Å². The molecule has 0 saturated heterocycles. The van der Waals surface area contributed by atoms with Crippen LogP contribution in [0, 0.1) is 40.7 Å². The summed E-state index contributed by atoms with van der Waals surface area (Å²) in [6.07, 6.45) is 0. The summed E-state index contributed by atoms with van der Waals surface area (Å²) in [5.41, 5.74) is -2.28. The highest BCUT2D eigenvalue weighted by Gasteiger charge is 2.25. The summed E-state index contributed by atoms with van der Waals surface area (Å²) in [5, 5.41) is 0. The van der Waals surface area contributed by atoms with E-state index in [4.69, 9.17) is 0 Å². The van der Waals surface area contributed by atoms with Gasteiger partial charge in [-0.3, -0.25) is 0 Å². The molecule has 0 heterocycles. The van der Waals surface area contributed by atoms with Gasteiger partial charge in [-0.1, -0.05) is 0 Å². The molecule has 2 aromatic carbocycles. The molecule has 0 atom stereocenters. The fourth-order valence-electron chi connectivity index (χ4n) is 1.76. The van der Waals surface area contributed by atoms with Gasteiger partial charge < -0.3 is 4.74 Å². The minimum absolute atomic E-state index is 0.0147. The minimum atomic E-state index is -2.01. The van der Waals surface area contributed by atoms with Gasteiger partial charge in [0.05, 0.1) is 7.11 Å². The molecule has 0 amide bonds. The first-order valence-corrected chi connectivity index (χ1v) is 5.67. The van der Waals surface area contributed by atoms with Crippen LogP contribution < -0.4 is 15.7 Å². The molecule has 115 valence electrons. The van der Waals surface area contributed by atoms with Gasteiger partial charge in [-0.05, 0) is 10.9 Å². The number of halogens is 7. The van der Waals surface area contributed by atoms with E-state index in [9.17, 15) is 30.7 Å². The second-order valence-electron chi connectivity index (χ2n) is 4.13. The van der Waals surface area contributed by atoms with Crippen molar-refractivity contribution in [3.63, 3.8) is 0 Å². The molecule has 0 N–H and O–H groups in total. The molecule has 2 rings (SSSR count). The third-order valence-corrected chi connectivity index (χ3v) is 2.81. The van der Waals surface area contributed by atoms with Crippen LogP contribution >= 0.6 is 0 Å². The number of ether oxygens (including phenoxy) is 1. The first-order chi connectivity index (χ1) is 10.3. The Morgan fingerprint density at radius 2 is 1.18 bits per heavy atom. The Kier molecular flexibility index (Phi) is 4.34.